The highest BCUT2D eigenvalue weighted by Gasteiger charge is 2.10. The van der Waals surface area contributed by atoms with Crippen molar-refractivity contribution >= 4 is 52.1 Å². The van der Waals surface area contributed by atoms with Crippen LogP contribution in [0, 0.1) is 10.1 Å². The van der Waals surface area contributed by atoms with Crippen molar-refractivity contribution in [2.24, 2.45) is 0 Å². The molecule has 0 amide bonds. The molecule has 0 atom stereocenters. The van der Waals surface area contributed by atoms with Crippen LogP contribution in [0.5, 0.6) is 0 Å². The SMILES string of the molecule is O=[N+]([O-])c1ccc2oc(/C=C/c3ccc(Cl)c(Cl)c3)nc2c1. The van der Waals surface area contributed by atoms with Gasteiger partial charge in [0.05, 0.1) is 15.0 Å². The Morgan fingerprint density at radius 3 is 2.64 bits per heavy atom. The van der Waals surface area contributed by atoms with E-state index in [9.17, 15) is 10.1 Å². The average Bonchev–Trinajstić information content (AvgIpc) is 2.90. The van der Waals surface area contributed by atoms with Crippen molar-refractivity contribution in [3.63, 3.8) is 0 Å². The fraction of sp³-hybridized carbons (Fsp3) is 0. The van der Waals surface area contributed by atoms with Crippen LogP contribution in [-0.4, -0.2) is 9.91 Å². The largest absolute Gasteiger partial charge is 0.437 e. The van der Waals surface area contributed by atoms with Crippen LogP contribution in [0.25, 0.3) is 23.3 Å². The molecule has 0 unspecified atom stereocenters. The number of hydrogen-bond donors (Lipinski definition) is 0. The topological polar surface area (TPSA) is 69.2 Å². The van der Waals surface area contributed by atoms with E-state index in [1.54, 1.807) is 30.4 Å². The Hall–Kier alpha value is -2.37. The average molecular weight is 335 g/mol. The molecule has 0 saturated carbocycles. The highest BCUT2D eigenvalue weighted by atomic mass is 35.5. The van der Waals surface area contributed by atoms with Gasteiger partial charge in [0.2, 0.25) is 5.89 Å². The summed E-state index contributed by atoms with van der Waals surface area (Å²) in [5, 5.41) is 11.7. The molecule has 0 aliphatic rings. The van der Waals surface area contributed by atoms with E-state index in [0.717, 1.165) is 5.56 Å². The zero-order valence-corrected chi connectivity index (χ0v) is 12.5. The molecule has 2 aromatic carbocycles. The fourth-order valence-corrected chi connectivity index (χ4v) is 2.21. The first-order valence-corrected chi connectivity index (χ1v) is 6.96. The van der Waals surface area contributed by atoms with Gasteiger partial charge in [-0.05, 0) is 29.8 Å². The van der Waals surface area contributed by atoms with Gasteiger partial charge in [-0.1, -0.05) is 29.3 Å². The molecule has 3 aromatic rings. The highest BCUT2D eigenvalue weighted by Crippen LogP contribution is 2.25. The lowest BCUT2D eigenvalue weighted by atomic mass is 10.2. The maximum Gasteiger partial charge on any atom is 0.271 e. The van der Waals surface area contributed by atoms with Gasteiger partial charge in [0.25, 0.3) is 5.69 Å². The van der Waals surface area contributed by atoms with Crippen molar-refractivity contribution < 1.29 is 9.34 Å². The Balaban J connectivity index is 1.91. The molecule has 7 heteroatoms. The summed E-state index contributed by atoms with van der Waals surface area (Å²) in [6.07, 6.45) is 3.42. The second-order valence-corrected chi connectivity index (χ2v) is 5.28. The molecule has 1 aromatic heterocycles. The molecule has 0 aliphatic carbocycles. The van der Waals surface area contributed by atoms with E-state index in [2.05, 4.69) is 4.98 Å². The number of hydrogen-bond acceptors (Lipinski definition) is 4. The van der Waals surface area contributed by atoms with E-state index in [1.807, 2.05) is 0 Å². The maximum atomic E-state index is 10.7. The van der Waals surface area contributed by atoms with Gasteiger partial charge in [-0.2, -0.15) is 0 Å². The van der Waals surface area contributed by atoms with Crippen molar-refractivity contribution in [3.05, 3.63) is 68.0 Å². The molecular formula is C15H8Cl2N2O3. The van der Waals surface area contributed by atoms with Gasteiger partial charge in [0, 0.05) is 18.2 Å². The number of aromatic nitrogens is 1. The number of nitrogens with zero attached hydrogens (tertiary/aromatic N) is 2. The van der Waals surface area contributed by atoms with E-state index < -0.39 is 4.92 Å². The summed E-state index contributed by atoms with van der Waals surface area (Å²) >= 11 is 11.8. The van der Waals surface area contributed by atoms with Crippen LogP contribution in [0.15, 0.2) is 40.8 Å². The Morgan fingerprint density at radius 1 is 1.09 bits per heavy atom. The molecule has 110 valence electrons. The number of rotatable bonds is 3. The number of non-ortho nitro benzene ring substituents is 1. The summed E-state index contributed by atoms with van der Waals surface area (Å²) in [5.74, 6) is 0.349. The Kier molecular flexibility index (Phi) is 3.83. The van der Waals surface area contributed by atoms with Crippen LogP contribution in [0.4, 0.5) is 5.69 Å². The second-order valence-electron chi connectivity index (χ2n) is 4.47. The molecule has 0 radical (unpaired) electrons. The third kappa shape index (κ3) is 2.95. The molecule has 0 saturated heterocycles. The summed E-state index contributed by atoms with van der Waals surface area (Å²) in [5.41, 5.74) is 1.73. The molecule has 5 nitrogen and oxygen atoms in total. The van der Waals surface area contributed by atoms with Gasteiger partial charge in [-0.3, -0.25) is 10.1 Å². The number of nitro benzene ring substituents is 1. The van der Waals surface area contributed by atoms with Crippen LogP contribution in [0.1, 0.15) is 11.5 Å². The highest BCUT2D eigenvalue weighted by molar-refractivity contribution is 6.42. The van der Waals surface area contributed by atoms with Gasteiger partial charge in [-0.15, -0.1) is 0 Å². The standard InChI is InChI=1S/C15H8Cl2N2O3/c16-11-4-1-9(7-12(11)17)2-6-15-18-13-8-10(19(20)21)3-5-14(13)22-15/h1-8H/b6-2+. The van der Waals surface area contributed by atoms with Crippen LogP contribution < -0.4 is 0 Å². The lowest BCUT2D eigenvalue weighted by molar-refractivity contribution is -0.384. The van der Waals surface area contributed by atoms with E-state index >= 15 is 0 Å². The summed E-state index contributed by atoms with van der Waals surface area (Å²) in [7, 11) is 0. The van der Waals surface area contributed by atoms with Crippen LogP contribution in [0.3, 0.4) is 0 Å². The van der Waals surface area contributed by atoms with Gasteiger partial charge in [-0.25, -0.2) is 4.98 Å². The molecule has 3 rings (SSSR count). The third-order valence-electron chi connectivity index (χ3n) is 2.96. The number of benzene rings is 2. The van der Waals surface area contributed by atoms with Gasteiger partial charge < -0.3 is 4.42 Å². The van der Waals surface area contributed by atoms with Gasteiger partial charge >= 0.3 is 0 Å². The Bertz CT molecular complexity index is 903. The number of oxazole rings is 1. The lowest BCUT2D eigenvalue weighted by Gasteiger charge is -1.96. The summed E-state index contributed by atoms with van der Waals surface area (Å²) in [6.45, 7) is 0. The van der Waals surface area contributed by atoms with E-state index in [0.29, 0.717) is 27.0 Å². The Labute approximate surface area is 134 Å². The van der Waals surface area contributed by atoms with E-state index in [4.69, 9.17) is 27.6 Å². The first kappa shape index (κ1) is 14.6. The predicted molar refractivity (Wildman–Crippen MR) is 86.1 cm³/mol. The quantitative estimate of drug-likeness (QED) is 0.486. The first-order chi connectivity index (χ1) is 10.5. The summed E-state index contributed by atoms with van der Waals surface area (Å²) < 4.78 is 5.50. The van der Waals surface area contributed by atoms with Crippen molar-refractivity contribution in [1.82, 2.24) is 4.98 Å². The smallest absolute Gasteiger partial charge is 0.271 e. The zero-order chi connectivity index (χ0) is 15.7. The molecule has 0 fully saturated rings. The van der Waals surface area contributed by atoms with Crippen LogP contribution >= 0.6 is 23.2 Å². The monoisotopic (exact) mass is 334 g/mol. The van der Waals surface area contributed by atoms with E-state index in [1.165, 1.54) is 18.2 Å². The number of fused-ring (bicyclic) bond motifs is 1. The van der Waals surface area contributed by atoms with Gasteiger partial charge in [0.1, 0.15) is 5.52 Å². The first-order valence-electron chi connectivity index (χ1n) is 6.21. The second kappa shape index (κ2) is 5.79. The number of halogens is 2. The third-order valence-corrected chi connectivity index (χ3v) is 3.70. The van der Waals surface area contributed by atoms with Crippen LogP contribution in [0.2, 0.25) is 10.0 Å². The van der Waals surface area contributed by atoms with Gasteiger partial charge in [0.15, 0.2) is 5.58 Å². The number of nitro groups is 1. The van der Waals surface area contributed by atoms with Crippen molar-refractivity contribution in [2.45, 2.75) is 0 Å². The Morgan fingerprint density at radius 2 is 1.91 bits per heavy atom. The molecule has 0 bridgehead atoms. The summed E-state index contributed by atoms with van der Waals surface area (Å²) in [4.78, 5) is 14.5. The lowest BCUT2D eigenvalue weighted by Crippen LogP contribution is -1.86. The fourth-order valence-electron chi connectivity index (χ4n) is 1.90. The minimum absolute atomic E-state index is 0.0270. The predicted octanol–water partition coefficient (Wildman–Crippen LogP) is 5.21. The zero-order valence-electron chi connectivity index (χ0n) is 11.0. The van der Waals surface area contributed by atoms with Crippen molar-refractivity contribution in [3.8, 4) is 0 Å². The molecule has 1 heterocycles. The molecule has 0 aliphatic heterocycles. The van der Waals surface area contributed by atoms with Crippen LogP contribution in [-0.2, 0) is 0 Å². The normalized spacial score (nSPS) is 11.4. The molecule has 0 N–H and O–H groups in total. The minimum Gasteiger partial charge on any atom is -0.437 e. The van der Waals surface area contributed by atoms with E-state index in [-0.39, 0.29) is 5.69 Å². The molecular weight excluding hydrogens is 327 g/mol. The summed E-state index contributed by atoms with van der Waals surface area (Å²) in [6, 6.07) is 9.48. The molecule has 0 spiro atoms. The van der Waals surface area contributed by atoms with Crippen molar-refractivity contribution in [1.29, 1.82) is 0 Å². The minimum atomic E-state index is -0.473. The maximum absolute atomic E-state index is 10.7. The molecule has 22 heavy (non-hydrogen) atoms. The van der Waals surface area contributed by atoms with Crippen molar-refractivity contribution in [2.75, 3.05) is 0 Å².